The number of amides is 1. The summed E-state index contributed by atoms with van der Waals surface area (Å²) in [5, 5.41) is 0. The lowest BCUT2D eigenvalue weighted by Crippen LogP contribution is -2.18. The maximum Gasteiger partial charge on any atom is 0.246 e. The molecule has 0 atom stereocenters. The summed E-state index contributed by atoms with van der Waals surface area (Å²) in [7, 11) is 3.42. The molecule has 0 aliphatic heterocycles. The van der Waals surface area contributed by atoms with E-state index in [2.05, 4.69) is 0 Å². The van der Waals surface area contributed by atoms with E-state index in [1.165, 1.54) is 11.0 Å². The number of carbonyl (C=O) groups is 1. The number of nitrogen functional groups attached to an aromatic ring is 1. The summed E-state index contributed by atoms with van der Waals surface area (Å²) in [6.07, 6.45) is 3.33. The van der Waals surface area contributed by atoms with Gasteiger partial charge in [-0.15, -0.1) is 0 Å². The molecule has 0 bridgehead atoms. The van der Waals surface area contributed by atoms with Crippen molar-refractivity contribution in [2.45, 2.75) is 20.0 Å². The minimum Gasteiger partial charge on any atom is -0.489 e. The fraction of sp³-hybridized carbons (Fsp3) is 0.357. The van der Waals surface area contributed by atoms with E-state index in [9.17, 15) is 4.79 Å². The van der Waals surface area contributed by atoms with Crippen LogP contribution in [0.1, 0.15) is 19.4 Å². The summed E-state index contributed by atoms with van der Waals surface area (Å²) in [6.45, 7) is 3.89. The van der Waals surface area contributed by atoms with Crippen LogP contribution < -0.4 is 10.5 Å². The van der Waals surface area contributed by atoms with Crippen LogP contribution in [0.4, 0.5) is 5.69 Å². The molecule has 2 N–H and O–H groups in total. The van der Waals surface area contributed by atoms with Gasteiger partial charge in [-0.25, -0.2) is 0 Å². The lowest BCUT2D eigenvalue weighted by Gasteiger charge is -2.12. The molecule has 1 amide bonds. The van der Waals surface area contributed by atoms with Crippen molar-refractivity contribution in [2.24, 2.45) is 0 Å². The molecule has 0 heterocycles. The quantitative estimate of drug-likeness (QED) is 0.656. The van der Waals surface area contributed by atoms with E-state index in [1.54, 1.807) is 26.2 Å². The number of ether oxygens (including phenoxy) is 1. The SMILES string of the molecule is CC(C)Oc1ccc(/C=C\C(=O)N(C)C)cc1N. The number of nitrogens with two attached hydrogens (primary N) is 1. The second kappa shape index (κ2) is 6.10. The van der Waals surface area contributed by atoms with E-state index < -0.39 is 0 Å². The first-order valence-corrected chi connectivity index (χ1v) is 5.85. The van der Waals surface area contributed by atoms with Crippen molar-refractivity contribution in [1.82, 2.24) is 4.90 Å². The fourth-order valence-corrected chi connectivity index (χ4v) is 1.35. The van der Waals surface area contributed by atoms with Crippen molar-refractivity contribution in [3.8, 4) is 5.75 Å². The molecule has 0 fully saturated rings. The molecule has 18 heavy (non-hydrogen) atoms. The Bertz CT molecular complexity index is 451. The highest BCUT2D eigenvalue weighted by Gasteiger charge is 2.03. The van der Waals surface area contributed by atoms with Crippen molar-refractivity contribution in [3.63, 3.8) is 0 Å². The molecular formula is C14H20N2O2. The Labute approximate surface area is 108 Å². The zero-order chi connectivity index (χ0) is 13.7. The molecule has 1 aromatic carbocycles. The van der Waals surface area contributed by atoms with Crippen molar-refractivity contribution in [1.29, 1.82) is 0 Å². The van der Waals surface area contributed by atoms with Crippen molar-refractivity contribution in [2.75, 3.05) is 19.8 Å². The lowest BCUT2D eigenvalue weighted by atomic mass is 10.1. The second-order valence-electron chi connectivity index (χ2n) is 4.53. The highest BCUT2D eigenvalue weighted by atomic mass is 16.5. The number of rotatable bonds is 4. The molecule has 98 valence electrons. The molecule has 0 spiro atoms. The van der Waals surface area contributed by atoms with Gasteiger partial charge in [-0.1, -0.05) is 6.07 Å². The predicted octanol–water partition coefficient (Wildman–Crippen LogP) is 2.16. The van der Waals surface area contributed by atoms with E-state index >= 15 is 0 Å². The molecule has 4 nitrogen and oxygen atoms in total. The maximum absolute atomic E-state index is 11.4. The van der Waals surface area contributed by atoms with Crippen LogP contribution in [0.15, 0.2) is 24.3 Å². The standard InChI is InChI=1S/C14H20N2O2/c1-10(2)18-13-7-5-11(9-12(13)15)6-8-14(17)16(3)4/h5-10H,15H2,1-4H3/b8-6-. The molecule has 0 unspecified atom stereocenters. The molecule has 0 aromatic heterocycles. The predicted molar refractivity (Wildman–Crippen MR) is 74.3 cm³/mol. The van der Waals surface area contributed by atoms with E-state index in [0.717, 1.165) is 5.56 Å². The summed E-state index contributed by atoms with van der Waals surface area (Å²) >= 11 is 0. The highest BCUT2D eigenvalue weighted by molar-refractivity contribution is 5.91. The van der Waals surface area contributed by atoms with Gasteiger partial charge in [0, 0.05) is 20.2 Å². The molecule has 0 saturated carbocycles. The number of nitrogens with zero attached hydrogens (tertiary/aromatic N) is 1. The third-order valence-corrected chi connectivity index (χ3v) is 2.26. The molecule has 0 aliphatic carbocycles. The van der Waals surface area contributed by atoms with Gasteiger partial charge in [0.15, 0.2) is 0 Å². The Morgan fingerprint density at radius 1 is 1.39 bits per heavy atom. The van der Waals surface area contributed by atoms with Gasteiger partial charge in [-0.05, 0) is 37.6 Å². The second-order valence-corrected chi connectivity index (χ2v) is 4.53. The van der Waals surface area contributed by atoms with Crippen LogP contribution in [-0.4, -0.2) is 31.0 Å². The van der Waals surface area contributed by atoms with Gasteiger partial charge in [-0.3, -0.25) is 4.79 Å². The van der Waals surface area contributed by atoms with Crippen molar-refractivity contribution < 1.29 is 9.53 Å². The van der Waals surface area contributed by atoms with Crippen LogP contribution >= 0.6 is 0 Å². The van der Waals surface area contributed by atoms with E-state index in [4.69, 9.17) is 10.5 Å². The Balaban J connectivity index is 2.81. The topological polar surface area (TPSA) is 55.6 Å². The Kier molecular flexibility index (Phi) is 4.77. The van der Waals surface area contributed by atoms with Crippen LogP contribution in [-0.2, 0) is 4.79 Å². The molecule has 0 aliphatic rings. The van der Waals surface area contributed by atoms with Crippen LogP contribution in [0.2, 0.25) is 0 Å². The summed E-state index contributed by atoms with van der Waals surface area (Å²) in [5.74, 6) is 0.608. The summed E-state index contributed by atoms with van der Waals surface area (Å²) in [6, 6.07) is 5.47. The first-order valence-electron chi connectivity index (χ1n) is 5.85. The number of benzene rings is 1. The summed E-state index contributed by atoms with van der Waals surface area (Å²) in [5.41, 5.74) is 7.33. The van der Waals surface area contributed by atoms with Gasteiger partial charge in [-0.2, -0.15) is 0 Å². The fourth-order valence-electron chi connectivity index (χ4n) is 1.35. The van der Waals surface area contributed by atoms with E-state index in [1.807, 2.05) is 26.0 Å². The van der Waals surface area contributed by atoms with Gasteiger partial charge in [0.05, 0.1) is 11.8 Å². The van der Waals surface area contributed by atoms with Gasteiger partial charge >= 0.3 is 0 Å². The third-order valence-electron chi connectivity index (χ3n) is 2.26. The highest BCUT2D eigenvalue weighted by Crippen LogP contribution is 2.24. The smallest absolute Gasteiger partial charge is 0.246 e. The maximum atomic E-state index is 11.4. The van der Waals surface area contributed by atoms with Gasteiger partial charge in [0.2, 0.25) is 5.91 Å². The third kappa shape index (κ3) is 4.13. The number of hydrogen-bond donors (Lipinski definition) is 1. The average molecular weight is 248 g/mol. The molecule has 0 saturated heterocycles. The first kappa shape index (κ1) is 14.1. The molecule has 1 aromatic rings. The molecule has 1 rings (SSSR count). The normalized spacial score (nSPS) is 10.9. The molecular weight excluding hydrogens is 228 g/mol. The first-order chi connectivity index (χ1) is 8.40. The zero-order valence-corrected chi connectivity index (χ0v) is 11.3. The largest absolute Gasteiger partial charge is 0.489 e. The molecule has 0 radical (unpaired) electrons. The van der Waals surface area contributed by atoms with Gasteiger partial charge < -0.3 is 15.4 Å². The van der Waals surface area contributed by atoms with E-state index in [-0.39, 0.29) is 12.0 Å². The monoisotopic (exact) mass is 248 g/mol. The Hall–Kier alpha value is -1.97. The summed E-state index contributed by atoms with van der Waals surface area (Å²) in [4.78, 5) is 12.9. The lowest BCUT2D eigenvalue weighted by molar-refractivity contribution is -0.123. The van der Waals surface area contributed by atoms with Crippen LogP contribution in [0, 0.1) is 0 Å². The van der Waals surface area contributed by atoms with Crippen LogP contribution in [0.25, 0.3) is 6.08 Å². The van der Waals surface area contributed by atoms with Gasteiger partial charge in [0.1, 0.15) is 5.75 Å². The van der Waals surface area contributed by atoms with Crippen molar-refractivity contribution >= 4 is 17.7 Å². The average Bonchev–Trinajstić information content (AvgIpc) is 2.28. The number of likely N-dealkylation sites (N-methyl/N-ethyl adjacent to an activating group) is 1. The number of hydrogen-bond acceptors (Lipinski definition) is 3. The minimum absolute atomic E-state index is 0.0592. The van der Waals surface area contributed by atoms with Crippen LogP contribution in [0.5, 0.6) is 5.75 Å². The Morgan fingerprint density at radius 2 is 2.06 bits per heavy atom. The number of carbonyl (C=O) groups excluding carboxylic acids is 1. The van der Waals surface area contributed by atoms with Gasteiger partial charge in [0.25, 0.3) is 0 Å². The molecule has 4 heteroatoms. The Morgan fingerprint density at radius 3 is 2.56 bits per heavy atom. The summed E-state index contributed by atoms with van der Waals surface area (Å²) < 4.78 is 5.54. The zero-order valence-electron chi connectivity index (χ0n) is 11.3. The number of anilines is 1. The minimum atomic E-state index is -0.0592. The van der Waals surface area contributed by atoms with Crippen molar-refractivity contribution in [3.05, 3.63) is 29.8 Å². The van der Waals surface area contributed by atoms with Crippen LogP contribution in [0.3, 0.4) is 0 Å². The van der Waals surface area contributed by atoms with E-state index in [0.29, 0.717) is 11.4 Å².